The lowest BCUT2D eigenvalue weighted by atomic mass is 9.99. The van der Waals surface area contributed by atoms with Crippen LogP contribution >= 0.6 is 0 Å². The molecule has 0 aliphatic carbocycles. The zero-order valence-corrected chi connectivity index (χ0v) is 12.5. The average molecular weight is 280 g/mol. The summed E-state index contributed by atoms with van der Waals surface area (Å²) in [7, 11) is 0. The Morgan fingerprint density at radius 2 is 2.05 bits per heavy atom. The first-order valence-corrected chi connectivity index (χ1v) is 7.41. The van der Waals surface area contributed by atoms with Gasteiger partial charge in [-0.3, -0.25) is 4.79 Å². The first-order chi connectivity index (χ1) is 10.2. The van der Waals surface area contributed by atoms with Gasteiger partial charge in [-0.15, -0.1) is 0 Å². The standard InChI is InChI=1S/C18H20N2O/c1-3-20(14-8-6-7-13(2)11-14)18(21)16-12-19-17-10-5-4-9-15(16)17/h4-11,16,19H,3,12H2,1-2H3. The highest BCUT2D eigenvalue weighted by Crippen LogP contribution is 2.33. The van der Waals surface area contributed by atoms with Crippen molar-refractivity contribution in [3.8, 4) is 0 Å². The van der Waals surface area contributed by atoms with E-state index in [-0.39, 0.29) is 11.8 Å². The summed E-state index contributed by atoms with van der Waals surface area (Å²) >= 11 is 0. The Bertz CT molecular complexity index is 666. The van der Waals surface area contributed by atoms with Crippen molar-refractivity contribution in [2.24, 2.45) is 0 Å². The molecule has 1 N–H and O–H groups in total. The van der Waals surface area contributed by atoms with Gasteiger partial charge in [-0.05, 0) is 43.2 Å². The molecule has 0 aromatic heterocycles. The topological polar surface area (TPSA) is 32.3 Å². The molecule has 0 spiro atoms. The maximum atomic E-state index is 12.9. The van der Waals surface area contributed by atoms with Crippen molar-refractivity contribution < 1.29 is 4.79 Å². The second kappa shape index (κ2) is 5.60. The molecule has 1 atom stereocenters. The first-order valence-electron chi connectivity index (χ1n) is 7.41. The number of aryl methyl sites for hydroxylation is 1. The highest BCUT2D eigenvalue weighted by atomic mass is 16.2. The molecule has 2 aromatic carbocycles. The molecule has 2 aromatic rings. The smallest absolute Gasteiger partial charge is 0.236 e. The van der Waals surface area contributed by atoms with E-state index in [2.05, 4.69) is 11.4 Å². The molecule has 1 amide bonds. The fourth-order valence-electron chi connectivity index (χ4n) is 2.95. The third-order valence-electron chi connectivity index (χ3n) is 4.03. The van der Waals surface area contributed by atoms with Gasteiger partial charge < -0.3 is 10.2 Å². The molecule has 21 heavy (non-hydrogen) atoms. The SMILES string of the molecule is CCN(C(=O)C1CNc2ccccc21)c1cccc(C)c1. The molecule has 1 aliphatic heterocycles. The minimum Gasteiger partial charge on any atom is -0.384 e. The molecule has 3 heteroatoms. The van der Waals surface area contributed by atoms with Crippen LogP contribution in [0.15, 0.2) is 48.5 Å². The van der Waals surface area contributed by atoms with Crippen molar-refractivity contribution in [2.75, 3.05) is 23.3 Å². The number of hydrogen-bond acceptors (Lipinski definition) is 2. The molecule has 0 saturated carbocycles. The van der Waals surface area contributed by atoms with Gasteiger partial charge in [0.1, 0.15) is 0 Å². The van der Waals surface area contributed by atoms with E-state index in [1.54, 1.807) is 0 Å². The molecule has 0 saturated heterocycles. The highest BCUT2D eigenvalue weighted by molar-refractivity contribution is 6.00. The lowest BCUT2D eigenvalue weighted by molar-refractivity contribution is -0.119. The van der Waals surface area contributed by atoms with Crippen molar-refractivity contribution in [1.29, 1.82) is 0 Å². The van der Waals surface area contributed by atoms with Gasteiger partial charge in [-0.2, -0.15) is 0 Å². The molecule has 0 radical (unpaired) electrons. The monoisotopic (exact) mass is 280 g/mol. The second-order valence-corrected chi connectivity index (χ2v) is 5.44. The zero-order valence-electron chi connectivity index (χ0n) is 12.5. The Kier molecular flexibility index (Phi) is 3.65. The maximum Gasteiger partial charge on any atom is 0.236 e. The fraction of sp³-hybridized carbons (Fsp3) is 0.278. The minimum atomic E-state index is -0.0957. The van der Waals surface area contributed by atoms with E-state index >= 15 is 0 Å². The van der Waals surface area contributed by atoms with Crippen LogP contribution < -0.4 is 10.2 Å². The molecule has 108 valence electrons. The van der Waals surface area contributed by atoms with Crippen LogP contribution in [0, 0.1) is 6.92 Å². The summed E-state index contributed by atoms with van der Waals surface area (Å²) in [5.74, 6) is 0.0715. The third-order valence-corrected chi connectivity index (χ3v) is 4.03. The van der Waals surface area contributed by atoms with Crippen LogP contribution in [0.1, 0.15) is 24.0 Å². The summed E-state index contributed by atoms with van der Waals surface area (Å²) in [5.41, 5.74) is 4.33. The van der Waals surface area contributed by atoms with Crippen molar-refractivity contribution in [1.82, 2.24) is 0 Å². The quantitative estimate of drug-likeness (QED) is 0.932. The summed E-state index contributed by atoms with van der Waals surface area (Å²) in [6, 6.07) is 16.2. The summed E-state index contributed by atoms with van der Waals surface area (Å²) in [5, 5.41) is 3.33. The summed E-state index contributed by atoms with van der Waals surface area (Å²) in [4.78, 5) is 14.8. The highest BCUT2D eigenvalue weighted by Gasteiger charge is 2.31. The van der Waals surface area contributed by atoms with Crippen LogP contribution in [0.5, 0.6) is 0 Å². The van der Waals surface area contributed by atoms with Gasteiger partial charge in [-0.1, -0.05) is 30.3 Å². The average Bonchev–Trinajstić information content (AvgIpc) is 2.92. The van der Waals surface area contributed by atoms with Gasteiger partial charge in [0.2, 0.25) is 5.91 Å². The molecule has 3 rings (SSSR count). The van der Waals surface area contributed by atoms with E-state index < -0.39 is 0 Å². The van der Waals surface area contributed by atoms with Gasteiger partial charge in [-0.25, -0.2) is 0 Å². The predicted octanol–water partition coefficient (Wildman–Crippen LogP) is 3.56. The number of nitrogens with zero attached hydrogens (tertiary/aromatic N) is 1. The predicted molar refractivity (Wildman–Crippen MR) is 86.9 cm³/mol. The number of benzene rings is 2. The maximum absolute atomic E-state index is 12.9. The third kappa shape index (κ3) is 2.51. The summed E-state index contributed by atoms with van der Waals surface area (Å²) in [6.07, 6.45) is 0. The van der Waals surface area contributed by atoms with E-state index in [1.165, 1.54) is 5.56 Å². The van der Waals surface area contributed by atoms with E-state index in [9.17, 15) is 4.79 Å². The van der Waals surface area contributed by atoms with Crippen LogP contribution in [0.25, 0.3) is 0 Å². The van der Waals surface area contributed by atoms with Crippen LogP contribution in [-0.2, 0) is 4.79 Å². The Morgan fingerprint density at radius 1 is 1.24 bits per heavy atom. The van der Waals surface area contributed by atoms with Crippen LogP contribution in [-0.4, -0.2) is 19.0 Å². The summed E-state index contributed by atoms with van der Waals surface area (Å²) in [6.45, 7) is 5.43. The molecule has 3 nitrogen and oxygen atoms in total. The Morgan fingerprint density at radius 3 is 2.81 bits per heavy atom. The van der Waals surface area contributed by atoms with Crippen LogP contribution in [0.4, 0.5) is 11.4 Å². The largest absolute Gasteiger partial charge is 0.384 e. The van der Waals surface area contributed by atoms with Crippen molar-refractivity contribution in [3.63, 3.8) is 0 Å². The Labute approximate surface area is 125 Å². The van der Waals surface area contributed by atoms with E-state index in [0.717, 1.165) is 16.9 Å². The van der Waals surface area contributed by atoms with E-state index in [4.69, 9.17) is 0 Å². The lowest BCUT2D eigenvalue weighted by Crippen LogP contribution is -2.35. The molecule has 1 aliphatic rings. The molecule has 1 heterocycles. The first kappa shape index (κ1) is 13.7. The summed E-state index contributed by atoms with van der Waals surface area (Å²) < 4.78 is 0. The second-order valence-electron chi connectivity index (χ2n) is 5.44. The molecule has 0 fully saturated rings. The number of likely N-dealkylation sites (N-methyl/N-ethyl adjacent to an activating group) is 1. The minimum absolute atomic E-state index is 0.0957. The van der Waals surface area contributed by atoms with Crippen LogP contribution in [0.2, 0.25) is 0 Å². The van der Waals surface area contributed by atoms with Crippen molar-refractivity contribution in [2.45, 2.75) is 19.8 Å². The molecular formula is C18H20N2O. The van der Waals surface area contributed by atoms with E-state index in [1.807, 2.05) is 61.2 Å². The number of para-hydroxylation sites is 1. The van der Waals surface area contributed by atoms with Crippen molar-refractivity contribution >= 4 is 17.3 Å². The lowest BCUT2D eigenvalue weighted by Gasteiger charge is -2.24. The number of carbonyl (C=O) groups is 1. The molecule has 1 unspecified atom stereocenters. The Balaban J connectivity index is 1.91. The van der Waals surface area contributed by atoms with Gasteiger partial charge in [0.15, 0.2) is 0 Å². The number of rotatable bonds is 3. The zero-order chi connectivity index (χ0) is 14.8. The van der Waals surface area contributed by atoms with Crippen molar-refractivity contribution in [3.05, 3.63) is 59.7 Å². The number of hydrogen-bond donors (Lipinski definition) is 1. The molecular weight excluding hydrogens is 260 g/mol. The van der Waals surface area contributed by atoms with Gasteiger partial charge in [0.25, 0.3) is 0 Å². The number of carbonyl (C=O) groups excluding carboxylic acids is 1. The normalized spacial score (nSPS) is 16.2. The number of fused-ring (bicyclic) bond motifs is 1. The Hall–Kier alpha value is -2.29. The molecule has 0 bridgehead atoms. The fourth-order valence-corrected chi connectivity index (χ4v) is 2.95. The van der Waals surface area contributed by atoms with Gasteiger partial charge in [0.05, 0.1) is 5.92 Å². The van der Waals surface area contributed by atoms with E-state index in [0.29, 0.717) is 13.1 Å². The van der Waals surface area contributed by atoms with Gasteiger partial charge >= 0.3 is 0 Å². The van der Waals surface area contributed by atoms with Gasteiger partial charge in [0, 0.05) is 24.5 Å². The number of nitrogens with one attached hydrogen (secondary N) is 1. The number of anilines is 2. The van der Waals surface area contributed by atoms with Crippen LogP contribution in [0.3, 0.4) is 0 Å². The number of amides is 1.